The first-order valence-corrected chi connectivity index (χ1v) is 8.42. The summed E-state index contributed by atoms with van der Waals surface area (Å²) in [7, 11) is 0. The molecule has 0 aromatic heterocycles. The maximum Gasteiger partial charge on any atom is 0.220 e. The van der Waals surface area contributed by atoms with E-state index in [1.165, 1.54) is 5.56 Å². The summed E-state index contributed by atoms with van der Waals surface area (Å²) in [6.07, 6.45) is 2.10. The Morgan fingerprint density at radius 2 is 1.83 bits per heavy atom. The van der Waals surface area contributed by atoms with Crippen LogP contribution in [0, 0.1) is 6.92 Å². The van der Waals surface area contributed by atoms with Crippen LogP contribution in [0.5, 0.6) is 5.75 Å². The Balaban J connectivity index is 1.87. The Morgan fingerprint density at radius 1 is 1.12 bits per heavy atom. The van der Waals surface area contributed by atoms with Crippen molar-refractivity contribution in [1.29, 1.82) is 0 Å². The van der Waals surface area contributed by atoms with Crippen LogP contribution >= 0.6 is 0 Å². The van der Waals surface area contributed by atoms with Crippen LogP contribution in [-0.2, 0) is 17.8 Å². The van der Waals surface area contributed by atoms with Crippen LogP contribution in [0.4, 0.5) is 5.69 Å². The molecule has 0 atom stereocenters. The van der Waals surface area contributed by atoms with Crippen LogP contribution < -0.4 is 15.8 Å². The van der Waals surface area contributed by atoms with Gasteiger partial charge in [0.1, 0.15) is 12.4 Å². The second-order valence-corrected chi connectivity index (χ2v) is 6.00. The van der Waals surface area contributed by atoms with E-state index in [1.54, 1.807) is 0 Å². The van der Waals surface area contributed by atoms with Gasteiger partial charge < -0.3 is 15.8 Å². The number of benzene rings is 2. The molecule has 128 valence electrons. The molecule has 0 unspecified atom stereocenters. The number of anilines is 1. The number of nitrogens with two attached hydrogens (primary N) is 1. The first kappa shape index (κ1) is 17.9. The number of carbonyl (C=O) groups is 1. The van der Waals surface area contributed by atoms with Crippen molar-refractivity contribution < 1.29 is 9.53 Å². The molecule has 2 rings (SSSR count). The average molecular weight is 326 g/mol. The second kappa shape index (κ2) is 8.96. The molecule has 4 heteroatoms. The van der Waals surface area contributed by atoms with Crippen molar-refractivity contribution >= 4 is 11.6 Å². The quantitative estimate of drug-likeness (QED) is 0.728. The van der Waals surface area contributed by atoms with Gasteiger partial charge in [-0.05, 0) is 43.0 Å². The lowest BCUT2D eigenvalue weighted by molar-refractivity contribution is -0.121. The zero-order chi connectivity index (χ0) is 17.4. The van der Waals surface area contributed by atoms with E-state index >= 15 is 0 Å². The Hall–Kier alpha value is -2.49. The molecule has 0 saturated heterocycles. The molecule has 0 bridgehead atoms. The summed E-state index contributed by atoms with van der Waals surface area (Å²) < 4.78 is 5.79. The van der Waals surface area contributed by atoms with Crippen LogP contribution in [0.3, 0.4) is 0 Å². The standard InChI is InChI=1S/C20H26N2O2/c1-3-12-22-20(23)11-9-16-8-10-19(18(21)13-16)24-14-17-6-4-15(2)5-7-17/h4-8,10,13H,3,9,11-12,14,21H2,1-2H3,(H,22,23). The number of nitrogen functional groups attached to an aromatic ring is 1. The molecule has 1 amide bonds. The van der Waals surface area contributed by atoms with Crippen molar-refractivity contribution in [3.63, 3.8) is 0 Å². The molecule has 0 saturated carbocycles. The highest BCUT2D eigenvalue weighted by Gasteiger charge is 2.05. The van der Waals surface area contributed by atoms with Crippen molar-refractivity contribution in [3.8, 4) is 5.75 Å². The fourth-order valence-electron chi connectivity index (χ4n) is 2.34. The number of hydrogen-bond donors (Lipinski definition) is 2. The van der Waals surface area contributed by atoms with Gasteiger partial charge in [0, 0.05) is 13.0 Å². The summed E-state index contributed by atoms with van der Waals surface area (Å²) in [6, 6.07) is 14.0. The van der Waals surface area contributed by atoms with Crippen LogP contribution in [0.25, 0.3) is 0 Å². The molecule has 0 heterocycles. The van der Waals surface area contributed by atoms with Crippen LogP contribution in [0.2, 0.25) is 0 Å². The summed E-state index contributed by atoms with van der Waals surface area (Å²) in [5, 5.41) is 2.88. The first-order chi connectivity index (χ1) is 11.6. The monoisotopic (exact) mass is 326 g/mol. The van der Waals surface area contributed by atoms with Gasteiger partial charge in [-0.2, -0.15) is 0 Å². The number of amides is 1. The minimum absolute atomic E-state index is 0.0788. The molecule has 0 aliphatic rings. The molecule has 0 radical (unpaired) electrons. The molecule has 3 N–H and O–H groups in total. The van der Waals surface area contributed by atoms with Gasteiger partial charge in [0.05, 0.1) is 5.69 Å². The van der Waals surface area contributed by atoms with Crippen molar-refractivity contribution in [2.45, 2.75) is 39.7 Å². The third-order valence-corrected chi connectivity index (χ3v) is 3.80. The van der Waals surface area contributed by atoms with Crippen LogP contribution in [0.1, 0.15) is 36.5 Å². The fraction of sp³-hybridized carbons (Fsp3) is 0.350. The van der Waals surface area contributed by atoms with E-state index in [0.717, 1.165) is 24.1 Å². The number of nitrogens with one attached hydrogen (secondary N) is 1. The molecule has 0 spiro atoms. The predicted molar refractivity (Wildman–Crippen MR) is 98.0 cm³/mol. The zero-order valence-corrected chi connectivity index (χ0v) is 14.5. The third-order valence-electron chi connectivity index (χ3n) is 3.80. The SMILES string of the molecule is CCCNC(=O)CCc1ccc(OCc2ccc(C)cc2)c(N)c1. The molecule has 24 heavy (non-hydrogen) atoms. The van der Waals surface area contributed by atoms with Gasteiger partial charge in [0.15, 0.2) is 0 Å². The molecule has 2 aromatic rings. The molecule has 2 aromatic carbocycles. The normalized spacial score (nSPS) is 10.4. The number of hydrogen-bond acceptors (Lipinski definition) is 3. The van der Waals surface area contributed by atoms with Gasteiger partial charge >= 0.3 is 0 Å². The predicted octanol–water partition coefficient (Wildman–Crippen LogP) is 3.62. The van der Waals surface area contributed by atoms with Gasteiger partial charge in [-0.15, -0.1) is 0 Å². The van der Waals surface area contributed by atoms with E-state index in [1.807, 2.05) is 25.1 Å². The summed E-state index contributed by atoms with van der Waals surface area (Å²) in [5.41, 5.74) is 10.1. The first-order valence-electron chi connectivity index (χ1n) is 8.42. The Morgan fingerprint density at radius 3 is 2.50 bits per heavy atom. The molecule has 0 aliphatic carbocycles. The summed E-state index contributed by atoms with van der Waals surface area (Å²) in [6.45, 7) is 5.32. The molecule has 0 fully saturated rings. The Labute approximate surface area is 144 Å². The summed E-state index contributed by atoms with van der Waals surface area (Å²) in [4.78, 5) is 11.6. The number of aryl methyl sites for hydroxylation is 2. The topological polar surface area (TPSA) is 64.3 Å². The van der Waals surface area contributed by atoms with Crippen molar-refractivity contribution in [3.05, 3.63) is 59.2 Å². The average Bonchev–Trinajstić information content (AvgIpc) is 2.58. The summed E-state index contributed by atoms with van der Waals surface area (Å²) >= 11 is 0. The van der Waals surface area contributed by atoms with E-state index in [-0.39, 0.29) is 5.91 Å². The molecule has 0 aliphatic heterocycles. The summed E-state index contributed by atoms with van der Waals surface area (Å²) in [5.74, 6) is 0.755. The van der Waals surface area contributed by atoms with Crippen LogP contribution in [-0.4, -0.2) is 12.5 Å². The van der Waals surface area contributed by atoms with Gasteiger partial charge in [-0.3, -0.25) is 4.79 Å². The largest absolute Gasteiger partial charge is 0.487 e. The lowest BCUT2D eigenvalue weighted by Crippen LogP contribution is -2.24. The van der Waals surface area contributed by atoms with E-state index in [4.69, 9.17) is 10.5 Å². The second-order valence-electron chi connectivity index (χ2n) is 6.00. The lowest BCUT2D eigenvalue weighted by atomic mass is 10.1. The lowest BCUT2D eigenvalue weighted by Gasteiger charge is -2.11. The van der Waals surface area contributed by atoms with Crippen LogP contribution in [0.15, 0.2) is 42.5 Å². The highest BCUT2D eigenvalue weighted by Crippen LogP contribution is 2.24. The number of rotatable bonds is 8. The van der Waals surface area contributed by atoms with Gasteiger partial charge in [-0.1, -0.05) is 42.8 Å². The zero-order valence-electron chi connectivity index (χ0n) is 14.5. The third kappa shape index (κ3) is 5.61. The van der Waals surface area contributed by atoms with Gasteiger partial charge in [-0.25, -0.2) is 0 Å². The Kier molecular flexibility index (Phi) is 6.67. The van der Waals surface area contributed by atoms with Gasteiger partial charge in [0.25, 0.3) is 0 Å². The van der Waals surface area contributed by atoms with Gasteiger partial charge in [0.2, 0.25) is 5.91 Å². The Bertz CT molecular complexity index is 666. The molecular weight excluding hydrogens is 300 g/mol. The van der Waals surface area contributed by atoms with E-state index in [9.17, 15) is 4.79 Å². The van der Waals surface area contributed by atoms with E-state index < -0.39 is 0 Å². The van der Waals surface area contributed by atoms with E-state index in [2.05, 4.69) is 36.5 Å². The minimum Gasteiger partial charge on any atom is -0.487 e. The van der Waals surface area contributed by atoms with E-state index in [0.29, 0.717) is 30.9 Å². The maximum absolute atomic E-state index is 11.6. The molecule has 4 nitrogen and oxygen atoms in total. The minimum atomic E-state index is 0.0788. The highest BCUT2D eigenvalue weighted by molar-refractivity contribution is 5.76. The van der Waals surface area contributed by atoms with Crippen molar-refractivity contribution in [2.75, 3.05) is 12.3 Å². The number of ether oxygens (including phenoxy) is 1. The smallest absolute Gasteiger partial charge is 0.220 e. The van der Waals surface area contributed by atoms with Crippen molar-refractivity contribution in [2.24, 2.45) is 0 Å². The van der Waals surface area contributed by atoms with Crippen molar-refractivity contribution in [1.82, 2.24) is 5.32 Å². The molecular formula is C20H26N2O2. The fourth-order valence-corrected chi connectivity index (χ4v) is 2.34. The maximum atomic E-state index is 11.6. The number of carbonyl (C=O) groups excluding carboxylic acids is 1. The highest BCUT2D eigenvalue weighted by atomic mass is 16.5.